The van der Waals surface area contributed by atoms with E-state index in [1.807, 2.05) is 36.5 Å². The highest BCUT2D eigenvalue weighted by Crippen LogP contribution is 2.26. The van der Waals surface area contributed by atoms with E-state index in [2.05, 4.69) is 20.0 Å². The standard InChI is InChI=1S/C27H28N4O4S/c1-19(27(32)33)22-4-2-6-24(14-22)31-36(34,35)26-7-3-5-23(15-26)21-10-8-20(9-11-21)16-28-13-12-25-17-29-18-30-25/h2-11,14-15,17-19,28,31H,12-13,16H2,1H3,(H,29,30)(H,32,33)/t19-/m0/s1. The van der Waals surface area contributed by atoms with Crippen LogP contribution in [0.3, 0.4) is 0 Å². The first-order chi connectivity index (χ1) is 17.3. The molecule has 4 rings (SSSR count). The number of sulfonamides is 1. The van der Waals surface area contributed by atoms with E-state index in [0.29, 0.717) is 11.3 Å². The number of nitrogens with one attached hydrogen (secondary N) is 3. The second kappa shape index (κ2) is 11.2. The molecule has 9 heteroatoms. The van der Waals surface area contributed by atoms with Gasteiger partial charge in [0.15, 0.2) is 0 Å². The highest BCUT2D eigenvalue weighted by molar-refractivity contribution is 7.92. The van der Waals surface area contributed by atoms with Gasteiger partial charge in [-0.3, -0.25) is 9.52 Å². The summed E-state index contributed by atoms with van der Waals surface area (Å²) in [7, 11) is -3.86. The van der Waals surface area contributed by atoms with Gasteiger partial charge in [-0.15, -0.1) is 0 Å². The average Bonchev–Trinajstić information content (AvgIpc) is 3.40. The quantitative estimate of drug-likeness (QED) is 0.225. The van der Waals surface area contributed by atoms with Crippen molar-refractivity contribution in [3.8, 4) is 11.1 Å². The summed E-state index contributed by atoms with van der Waals surface area (Å²) in [5.41, 5.74) is 4.67. The van der Waals surface area contributed by atoms with E-state index in [9.17, 15) is 18.3 Å². The van der Waals surface area contributed by atoms with Crippen molar-refractivity contribution in [3.63, 3.8) is 0 Å². The third kappa shape index (κ3) is 6.38. The summed E-state index contributed by atoms with van der Waals surface area (Å²) in [5.74, 6) is -1.72. The molecule has 0 fully saturated rings. The zero-order chi connectivity index (χ0) is 25.5. The Morgan fingerprint density at radius 2 is 1.81 bits per heavy atom. The van der Waals surface area contributed by atoms with Crippen molar-refractivity contribution in [2.75, 3.05) is 11.3 Å². The lowest BCUT2D eigenvalue weighted by atomic mass is 10.0. The zero-order valence-electron chi connectivity index (χ0n) is 19.8. The molecular formula is C27H28N4O4S. The number of anilines is 1. The van der Waals surface area contributed by atoms with Gasteiger partial charge in [-0.2, -0.15) is 0 Å². The number of hydrogen-bond donors (Lipinski definition) is 4. The second-order valence-electron chi connectivity index (χ2n) is 8.50. The van der Waals surface area contributed by atoms with Crippen LogP contribution in [0.2, 0.25) is 0 Å². The minimum absolute atomic E-state index is 0.126. The average molecular weight is 505 g/mol. The number of carbonyl (C=O) groups is 1. The monoisotopic (exact) mass is 504 g/mol. The fourth-order valence-corrected chi connectivity index (χ4v) is 4.86. The zero-order valence-corrected chi connectivity index (χ0v) is 20.6. The van der Waals surface area contributed by atoms with E-state index in [-0.39, 0.29) is 4.90 Å². The normalized spacial score (nSPS) is 12.2. The Labute approximate surface area is 210 Å². The van der Waals surface area contributed by atoms with Gasteiger partial charge in [-0.1, -0.05) is 48.5 Å². The molecule has 0 saturated heterocycles. The smallest absolute Gasteiger partial charge is 0.310 e. The summed E-state index contributed by atoms with van der Waals surface area (Å²) in [6.07, 6.45) is 4.40. The van der Waals surface area contributed by atoms with Crippen LogP contribution in [0.25, 0.3) is 11.1 Å². The molecular weight excluding hydrogens is 476 g/mol. The summed E-state index contributed by atoms with van der Waals surface area (Å²) >= 11 is 0. The highest BCUT2D eigenvalue weighted by Gasteiger charge is 2.18. The maximum atomic E-state index is 13.0. The van der Waals surface area contributed by atoms with Gasteiger partial charge in [-0.25, -0.2) is 13.4 Å². The lowest BCUT2D eigenvalue weighted by Crippen LogP contribution is -2.16. The first-order valence-electron chi connectivity index (χ1n) is 11.6. The molecule has 0 aliphatic rings. The Balaban J connectivity index is 1.42. The van der Waals surface area contributed by atoms with E-state index in [4.69, 9.17) is 0 Å². The Bertz CT molecular complexity index is 1420. The topological polar surface area (TPSA) is 124 Å². The van der Waals surface area contributed by atoms with Crippen LogP contribution in [0.1, 0.15) is 29.7 Å². The summed E-state index contributed by atoms with van der Waals surface area (Å²) < 4.78 is 28.6. The van der Waals surface area contributed by atoms with Crippen LogP contribution in [0.4, 0.5) is 5.69 Å². The maximum Gasteiger partial charge on any atom is 0.310 e. The molecule has 1 atom stereocenters. The Hall–Kier alpha value is -3.95. The molecule has 8 nitrogen and oxygen atoms in total. The summed E-state index contributed by atoms with van der Waals surface area (Å²) in [6.45, 7) is 3.10. The van der Waals surface area contributed by atoms with E-state index < -0.39 is 21.9 Å². The van der Waals surface area contributed by atoms with E-state index in [1.54, 1.807) is 49.6 Å². The van der Waals surface area contributed by atoms with Crippen molar-refractivity contribution >= 4 is 21.7 Å². The van der Waals surface area contributed by atoms with Crippen LogP contribution in [0.15, 0.2) is 90.2 Å². The minimum Gasteiger partial charge on any atom is -0.481 e. The molecule has 186 valence electrons. The molecule has 36 heavy (non-hydrogen) atoms. The van der Waals surface area contributed by atoms with Crippen LogP contribution in [-0.2, 0) is 27.8 Å². The number of carboxylic acid groups (broad SMARTS) is 1. The summed E-state index contributed by atoms with van der Waals surface area (Å²) in [6, 6.07) is 21.2. The van der Waals surface area contributed by atoms with Crippen LogP contribution < -0.4 is 10.0 Å². The predicted octanol–water partition coefficient (Wildman–Crippen LogP) is 4.40. The van der Waals surface area contributed by atoms with Gasteiger partial charge >= 0.3 is 5.97 Å². The number of benzene rings is 3. The van der Waals surface area contributed by atoms with Crippen LogP contribution in [-0.4, -0.2) is 36.0 Å². The van der Waals surface area contributed by atoms with Gasteiger partial charge in [0.05, 0.1) is 22.8 Å². The van der Waals surface area contributed by atoms with E-state index >= 15 is 0 Å². The first-order valence-corrected chi connectivity index (χ1v) is 13.0. The molecule has 0 radical (unpaired) electrons. The molecule has 0 aliphatic heterocycles. The second-order valence-corrected chi connectivity index (χ2v) is 10.2. The number of aromatic nitrogens is 2. The summed E-state index contributed by atoms with van der Waals surface area (Å²) in [4.78, 5) is 18.6. The van der Waals surface area contributed by atoms with Gasteiger partial charge in [-0.05, 0) is 53.4 Å². The van der Waals surface area contributed by atoms with E-state index in [0.717, 1.165) is 41.9 Å². The molecule has 0 saturated carbocycles. The first kappa shape index (κ1) is 25.2. The largest absolute Gasteiger partial charge is 0.481 e. The molecule has 0 amide bonds. The van der Waals surface area contributed by atoms with Gasteiger partial charge in [0.2, 0.25) is 0 Å². The molecule has 0 aliphatic carbocycles. The van der Waals surface area contributed by atoms with Crippen molar-refractivity contribution in [2.24, 2.45) is 0 Å². The fraction of sp³-hybridized carbons (Fsp3) is 0.185. The minimum atomic E-state index is -3.86. The van der Waals surface area contributed by atoms with Crippen molar-refractivity contribution in [2.45, 2.75) is 30.7 Å². The molecule has 3 aromatic carbocycles. The molecule has 4 N–H and O–H groups in total. The van der Waals surface area contributed by atoms with Crippen molar-refractivity contribution in [3.05, 3.63) is 102 Å². The number of nitrogens with zero attached hydrogens (tertiary/aromatic N) is 1. The third-order valence-corrected chi connectivity index (χ3v) is 7.26. The fourth-order valence-electron chi connectivity index (χ4n) is 3.76. The summed E-state index contributed by atoms with van der Waals surface area (Å²) in [5, 5.41) is 12.6. The Morgan fingerprint density at radius 1 is 1.03 bits per heavy atom. The Kier molecular flexibility index (Phi) is 7.82. The number of rotatable bonds is 11. The molecule has 0 spiro atoms. The molecule has 1 heterocycles. The van der Waals surface area contributed by atoms with Crippen LogP contribution in [0.5, 0.6) is 0 Å². The molecule has 0 unspecified atom stereocenters. The number of aromatic amines is 1. The van der Waals surface area contributed by atoms with Crippen molar-refractivity contribution < 1.29 is 18.3 Å². The predicted molar refractivity (Wildman–Crippen MR) is 139 cm³/mol. The maximum absolute atomic E-state index is 13.0. The number of carboxylic acids is 1. The molecule has 1 aromatic heterocycles. The number of H-pyrrole nitrogens is 1. The molecule has 4 aromatic rings. The lowest BCUT2D eigenvalue weighted by molar-refractivity contribution is -0.138. The van der Waals surface area contributed by atoms with Gasteiger partial charge in [0, 0.05) is 31.4 Å². The SMILES string of the molecule is C[C@H](C(=O)O)c1cccc(NS(=O)(=O)c2cccc(-c3ccc(CNCCc4c[nH]cn4)cc3)c2)c1. The van der Waals surface area contributed by atoms with Crippen molar-refractivity contribution in [1.82, 2.24) is 15.3 Å². The number of aliphatic carboxylic acids is 1. The van der Waals surface area contributed by atoms with Crippen LogP contribution >= 0.6 is 0 Å². The number of hydrogen-bond acceptors (Lipinski definition) is 5. The lowest BCUT2D eigenvalue weighted by Gasteiger charge is -2.12. The number of imidazole rings is 1. The van der Waals surface area contributed by atoms with Gasteiger partial charge < -0.3 is 15.4 Å². The van der Waals surface area contributed by atoms with E-state index in [1.165, 1.54) is 6.07 Å². The van der Waals surface area contributed by atoms with Gasteiger partial charge in [0.1, 0.15) is 0 Å². The van der Waals surface area contributed by atoms with Gasteiger partial charge in [0.25, 0.3) is 10.0 Å². The Morgan fingerprint density at radius 3 is 2.53 bits per heavy atom. The van der Waals surface area contributed by atoms with Crippen LogP contribution in [0, 0.1) is 0 Å². The third-order valence-electron chi connectivity index (χ3n) is 5.88. The molecule has 0 bridgehead atoms. The van der Waals surface area contributed by atoms with Crippen molar-refractivity contribution in [1.29, 1.82) is 0 Å². The highest BCUT2D eigenvalue weighted by atomic mass is 32.2.